The van der Waals surface area contributed by atoms with Gasteiger partial charge >= 0.3 is 5.97 Å². The van der Waals surface area contributed by atoms with Crippen LogP contribution in [0.3, 0.4) is 0 Å². The number of aliphatic carboxylic acids is 1. The number of hydrogen-bond acceptors (Lipinski definition) is 1. The molecule has 0 heterocycles. The molecule has 2 nitrogen and oxygen atoms in total. The zero-order valence-electron chi connectivity index (χ0n) is 3.14. The Morgan fingerprint density at radius 3 is 1.86 bits per heavy atom. The van der Waals surface area contributed by atoms with Crippen molar-refractivity contribution in [2.75, 3.05) is 0 Å². The summed E-state index contributed by atoms with van der Waals surface area (Å²) in [6.45, 7) is 2.96. The molecule has 0 aromatic rings. The Balaban J connectivity index is -0.0000000800. The van der Waals surface area contributed by atoms with E-state index in [1.807, 2.05) is 0 Å². The third-order valence-electron chi connectivity index (χ3n) is 0.175. The molecule has 0 radical (unpaired) electrons. The molecule has 1 N–H and O–H groups in total. The van der Waals surface area contributed by atoms with Crippen LogP contribution in [0.2, 0.25) is 0 Å². The number of carboxylic acids is 1. The van der Waals surface area contributed by atoms with E-state index in [4.69, 9.17) is 5.11 Å². The van der Waals surface area contributed by atoms with Gasteiger partial charge in [-0.15, -0.1) is 0 Å². The summed E-state index contributed by atoms with van der Waals surface area (Å²) in [5.41, 5.74) is 0. The first kappa shape index (κ1) is 15.8. The van der Waals surface area contributed by atoms with Crippen LogP contribution in [0.1, 0.15) is 7.43 Å². The monoisotopic (exact) mass is 136 g/mol. The Hall–Kier alpha value is -0.0757. The zero-order chi connectivity index (χ0) is 4.28. The van der Waals surface area contributed by atoms with E-state index in [2.05, 4.69) is 6.58 Å². The predicted molar refractivity (Wildman–Crippen MR) is 24.6 cm³/mol. The molecule has 40 valence electrons. The molecule has 7 heavy (non-hydrogen) atoms. The van der Waals surface area contributed by atoms with Crippen LogP contribution >= 0.6 is 0 Å². The van der Waals surface area contributed by atoms with E-state index in [1.165, 1.54) is 0 Å². The summed E-state index contributed by atoms with van der Waals surface area (Å²) in [6, 6.07) is 0. The number of rotatable bonds is 1. The van der Waals surface area contributed by atoms with Crippen LogP contribution in [-0.4, -0.2) is 11.1 Å². The van der Waals surface area contributed by atoms with Crippen molar-refractivity contribution >= 4 is 5.97 Å². The van der Waals surface area contributed by atoms with Gasteiger partial charge in [0.2, 0.25) is 0 Å². The van der Waals surface area contributed by atoms with Gasteiger partial charge < -0.3 is 5.11 Å². The number of carbonyl (C=O) groups is 1. The van der Waals surface area contributed by atoms with Gasteiger partial charge in [-0.05, 0) is 0 Å². The standard InChI is InChI=1S/C3H4O2.CH4.Ti/c1-2-3(4)5;;/h2H,1H2,(H,4,5);1H4;. The molecule has 0 saturated heterocycles. The van der Waals surface area contributed by atoms with Crippen LogP contribution < -0.4 is 0 Å². The van der Waals surface area contributed by atoms with Crippen molar-refractivity contribution in [3.8, 4) is 0 Å². The van der Waals surface area contributed by atoms with Crippen molar-refractivity contribution in [3.63, 3.8) is 0 Å². The zero-order valence-corrected chi connectivity index (χ0v) is 4.70. The average molecular weight is 136 g/mol. The molecule has 3 heteroatoms. The molecule has 0 aliphatic rings. The number of hydrogen-bond donors (Lipinski definition) is 1. The molecule has 0 aliphatic carbocycles. The molecule has 0 bridgehead atoms. The van der Waals surface area contributed by atoms with E-state index >= 15 is 0 Å². The Kier molecular flexibility index (Phi) is 21.0. The van der Waals surface area contributed by atoms with Crippen molar-refractivity contribution in [2.45, 2.75) is 7.43 Å². The molecule has 0 aromatic heterocycles. The van der Waals surface area contributed by atoms with Crippen LogP contribution in [0.5, 0.6) is 0 Å². The van der Waals surface area contributed by atoms with E-state index in [-0.39, 0.29) is 29.1 Å². The third kappa shape index (κ3) is 24.6. The Morgan fingerprint density at radius 2 is 1.86 bits per heavy atom. The third-order valence-corrected chi connectivity index (χ3v) is 0.175. The first-order valence-electron chi connectivity index (χ1n) is 1.12. The van der Waals surface area contributed by atoms with Crippen LogP contribution in [0, 0.1) is 0 Å². The van der Waals surface area contributed by atoms with E-state index in [9.17, 15) is 4.79 Å². The summed E-state index contributed by atoms with van der Waals surface area (Å²) in [4.78, 5) is 9.25. The molecular weight excluding hydrogens is 128 g/mol. The normalized spacial score (nSPS) is 4.57. The maximum atomic E-state index is 9.25. The SMILES string of the molecule is C.C=CC(=O)O.[Ti]. The van der Waals surface area contributed by atoms with E-state index in [0.29, 0.717) is 0 Å². The van der Waals surface area contributed by atoms with Crippen molar-refractivity contribution < 1.29 is 31.6 Å². The van der Waals surface area contributed by atoms with Gasteiger partial charge in [0.25, 0.3) is 0 Å². The van der Waals surface area contributed by atoms with Gasteiger partial charge in [-0.3, -0.25) is 0 Å². The van der Waals surface area contributed by atoms with Crippen molar-refractivity contribution in [1.82, 2.24) is 0 Å². The molecule has 0 aromatic carbocycles. The minimum Gasteiger partial charge on any atom is -0.478 e. The van der Waals surface area contributed by atoms with Gasteiger partial charge in [-0.2, -0.15) is 0 Å². The van der Waals surface area contributed by atoms with Crippen molar-refractivity contribution in [3.05, 3.63) is 12.7 Å². The number of carboxylic acid groups (broad SMARTS) is 1. The Bertz CT molecular complexity index is 60.7. The van der Waals surface area contributed by atoms with Crippen molar-refractivity contribution in [2.24, 2.45) is 0 Å². The van der Waals surface area contributed by atoms with Gasteiger partial charge in [0.05, 0.1) is 0 Å². The van der Waals surface area contributed by atoms with Crippen LogP contribution in [0.4, 0.5) is 0 Å². The maximum Gasteiger partial charge on any atom is 0.327 e. The summed E-state index contributed by atoms with van der Waals surface area (Å²) in [5, 5.41) is 7.60. The molecule has 0 atom stereocenters. The van der Waals surface area contributed by atoms with E-state index < -0.39 is 5.97 Å². The van der Waals surface area contributed by atoms with Crippen LogP contribution in [0.25, 0.3) is 0 Å². The summed E-state index contributed by atoms with van der Waals surface area (Å²) in [5.74, 6) is -0.981. The predicted octanol–water partition coefficient (Wildman–Crippen LogP) is 0.891. The largest absolute Gasteiger partial charge is 0.478 e. The second-order valence-corrected chi connectivity index (χ2v) is 0.542. The van der Waals surface area contributed by atoms with E-state index in [1.54, 1.807) is 0 Å². The Labute approximate surface area is 58.1 Å². The molecule has 0 fully saturated rings. The fourth-order valence-electron chi connectivity index (χ4n) is 0. The van der Waals surface area contributed by atoms with Crippen LogP contribution in [0.15, 0.2) is 12.7 Å². The first-order chi connectivity index (χ1) is 2.27. The second-order valence-electron chi connectivity index (χ2n) is 0.542. The van der Waals surface area contributed by atoms with Gasteiger partial charge in [0, 0.05) is 27.8 Å². The summed E-state index contributed by atoms with van der Waals surface area (Å²) >= 11 is 0. The maximum absolute atomic E-state index is 9.25. The fourth-order valence-corrected chi connectivity index (χ4v) is 0. The summed E-state index contributed by atoms with van der Waals surface area (Å²) < 4.78 is 0. The van der Waals surface area contributed by atoms with E-state index in [0.717, 1.165) is 6.08 Å². The Morgan fingerprint density at radius 1 is 1.71 bits per heavy atom. The topological polar surface area (TPSA) is 37.3 Å². The summed E-state index contributed by atoms with van der Waals surface area (Å²) in [6.07, 6.45) is 0.833. The minimum atomic E-state index is -0.981. The molecule has 0 rings (SSSR count). The second kappa shape index (κ2) is 9.33. The molecule has 0 spiro atoms. The molecule has 0 unspecified atom stereocenters. The fraction of sp³-hybridized carbons (Fsp3) is 0.250. The smallest absolute Gasteiger partial charge is 0.327 e. The van der Waals surface area contributed by atoms with Crippen molar-refractivity contribution in [1.29, 1.82) is 0 Å². The molecule has 0 saturated carbocycles. The first-order valence-corrected chi connectivity index (χ1v) is 1.12. The molecule has 0 amide bonds. The van der Waals surface area contributed by atoms with Gasteiger partial charge in [-0.1, -0.05) is 14.0 Å². The van der Waals surface area contributed by atoms with Crippen LogP contribution in [-0.2, 0) is 26.5 Å². The minimum absolute atomic E-state index is 0. The quantitative estimate of drug-likeness (QED) is 0.429. The average Bonchev–Trinajstić information content (AvgIpc) is 1.38. The summed E-state index contributed by atoms with van der Waals surface area (Å²) in [7, 11) is 0. The van der Waals surface area contributed by atoms with Gasteiger partial charge in [-0.25, -0.2) is 4.79 Å². The molecule has 0 aliphatic heterocycles. The molecular formula is C4H8O2Ti. The van der Waals surface area contributed by atoms with Gasteiger partial charge in [0.15, 0.2) is 0 Å². The van der Waals surface area contributed by atoms with Gasteiger partial charge in [0.1, 0.15) is 0 Å².